The number of hydrogen-bond donors (Lipinski definition) is 1. The van der Waals surface area contributed by atoms with Crippen molar-refractivity contribution in [1.82, 2.24) is 20.3 Å². The molecule has 2 heterocycles. The number of benzene rings is 1. The molecule has 3 aromatic rings. The van der Waals surface area contributed by atoms with Crippen molar-refractivity contribution in [2.75, 3.05) is 6.54 Å². The van der Waals surface area contributed by atoms with Crippen molar-refractivity contribution in [3.8, 4) is 0 Å². The maximum absolute atomic E-state index is 12.2. The van der Waals surface area contributed by atoms with Crippen LogP contribution in [-0.2, 0) is 13.5 Å². The zero-order valence-electron chi connectivity index (χ0n) is 11.7. The van der Waals surface area contributed by atoms with E-state index in [1.807, 2.05) is 29.6 Å². The van der Waals surface area contributed by atoms with Crippen LogP contribution in [0.1, 0.15) is 22.5 Å². The third kappa shape index (κ3) is 3.11. The van der Waals surface area contributed by atoms with Gasteiger partial charge in [0.25, 0.3) is 5.91 Å². The normalized spacial score (nSPS) is 10.9. The molecule has 3 rings (SSSR count). The minimum absolute atomic E-state index is 0.00778. The van der Waals surface area contributed by atoms with Gasteiger partial charge < -0.3 is 5.32 Å². The van der Waals surface area contributed by atoms with Gasteiger partial charge in [-0.05, 0) is 18.9 Å². The number of carbonyl (C=O) groups excluding carboxylic acids is 1. The molecule has 0 saturated heterocycles. The van der Waals surface area contributed by atoms with E-state index in [1.54, 1.807) is 29.4 Å². The molecule has 0 spiro atoms. The summed E-state index contributed by atoms with van der Waals surface area (Å²) >= 11 is 1.60. The first-order valence-electron chi connectivity index (χ1n) is 6.83. The van der Waals surface area contributed by atoms with Crippen molar-refractivity contribution in [2.24, 2.45) is 7.05 Å². The van der Waals surface area contributed by atoms with E-state index in [0.29, 0.717) is 6.54 Å². The fourth-order valence-electron chi connectivity index (χ4n) is 2.22. The molecule has 0 atom stereocenters. The molecule has 0 bridgehead atoms. The molecule has 0 aliphatic rings. The summed E-state index contributed by atoms with van der Waals surface area (Å²) in [6.45, 7) is 0.638. The smallest absolute Gasteiger partial charge is 0.252 e. The monoisotopic (exact) mass is 300 g/mol. The molecule has 0 radical (unpaired) electrons. The van der Waals surface area contributed by atoms with Crippen molar-refractivity contribution < 1.29 is 4.79 Å². The number of hydrogen-bond acceptors (Lipinski definition) is 4. The van der Waals surface area contributed by atoms with Crippen LogP contribution in [0.2, 0.25) is 0 Å². The number of rotatable bonds is 5. The number of carbonyl (C=O) groups is 1. The second-order valence-corrected chi connectivity index (χ2v) is 5.74. The Labute approximate surface area is 126 Å². The summed E-state index contributed by atoms with van der Waals surface area (Å²) in [5.74, 6) is -0.00778. The molecule has 2 aromatic heterocycles. The van der Waals surface area contributed by atoms with Gasteiger partial charge in [0.15, 0.2) is 0 Å². The van der Waals surface area contributed by atoms with Crippen LogP contribution in [-0.4, -0.2) is 27.4 Å². The van der Waals surface area contributed by atoms with E-state index in [2.05, 4.69) is 15.5 Å². The number of fused-ring (bicyclic) bond motifs is 1. The third-order valence-electron chi connectivity index (χ3n) is 3.27. The fraction of sp³-hybridized carbons (Fsp3) is 0.267. The average Bonchev–Trinajstić information content (AvgIpc) is 3.09. The predicted molar refractivity (Wildman–Crippen MR) is 83.5 cm³/mol. The van der Waals surface area contributed by atoms with Gasteiger partial charge in [0.1, 0.15) is 0 Å². The van der Waals surface area contributed by atoms with Crippen molar-refractivity contribution in [3.05, 3.63) is 47.1 Å². The summed E-state index contributed by atoms with van der Waals surface area (Å²) in [4.78, 5) is 13.7. The highest BCUT2D eigenvalue weighted by Gasteiger charge is 2.11. The number of thiophene rings is 1. The second kappa shape index (κ2) is 6.05. The fourth-order valence-corrected chi connectivity index (χ4v) is 3.16. The van der Waals surface area contributed by atoms with Crippen molar-refractivity contribution in [1.29, 1.82) is 0 Å². The van der Waals surface area contributed by atoms with Crippen LogP contribution in [0.25, 0.3) is 10.1 Å². The van der Waals surface area contributed by atoms with Crippen LogP contribution in [0.3, 0.4) is 0 Å². The summed E-state index contributed by atoms with van der Waals surface area (Å²) in [5, 5.41) is 14.1. The molecule has 21 heavy (non-hydrogen) atoms. The number of aromatic nitrogens is 3. The number of nitrogens with one attached hydrogen (secondary N) is 1. The van der Waals surface area contributed by atoms with Gasteiger partial charge in [-0.15, -0.1) is 11.3 Å². The lowest BCUT2D eigenvalue weighted by Crippen LogP contribution is -2.24. The molecule has 5 nitrogen and oxygen atoms in total. The summed E-state index contributed by atoms with van der Waals surface area (Å²) < 4.78 is 1.14. The van der Waals surface area contributed by atoms with Crippen molar-refractivity contribution in [2.45, 2.75) is 12.8 Å². The molecule has 1 amide bonds. The molecule has 108 valence electrons. The largest absolute Gasteiger partial charge is 0.352 e. The van der Waals surface area contributed by atoms with Crippen LogP contribution in [0.4, 0.5) is 0 Å². The van der Waals surface area contributed by atoms with Crippen molar-refractivity contribution >= 4 is 27.3 Å². The van der Waals surface area contributed by atoms with E-state index < -0.39 is 0 Å². The van der Waals surface area contributed by atoms with E-state index in [1.165, 1.54) is 0 Å². The molecule has 0 aliphatic heterocycles. The Hall–Kier alpha value is -2.21. The zero-order valence-corrected chi connectivity index (χ0v) is 12.6. The topological polar surface area (TPSA) is 59.8 Å². The Morgan fingerprint density at radius 2 is 2.24 bits per heavy atom. The summed E-state index contributed by atoms with van der Waals surface area (Å²) in [6, 6.07) is 7.96. The van der Waals surface area contributed by atoms with E-state index in [0.717, 1.165) is 34.2 Å². The van der Waals surface area contributed by atoms with Crippen LogP contribution in [0, 0.1) is 0 Å². The molecular formula is C15H16N4OS. The van der Waals surface area contributed by atoms with Gasteiger partial charge in [-0.25, -0.2) is 0 Å². The minimum atomic E-state index is -0.00778. The molecular weight excluding hydrogens is 284 g/mol. The van der Waals surface area contributed by atoms with E-state index >= 15 is 0 Å². The third-order valence-corrected chi connectivity index (χ3v) is 4.23. The number of amides is 1. The summed E-state index contributed by atoms with van der Waals surface area (Å²) in [5.41, 5.74) is 1.71. The van der Waals surface area contributed by atoms with Gasteiger partial charge >= 0.3 is 0 Å². The van der Waals surface area contributed by atoms with Crippen LogP contribution in [0.5, 0.6) is 0 Å². The van der Waals surface area contributed by atoms with Gasteiger partial charge in [0, 0.05) is 29.1 Å². The van der Waals surface area contributed by atoms with Crippen LogP contribution in [0.15, 0.2) is 35.8 Å². The predicted octanol–water partition coefficient (Wildman–Crippen LogP) is 2.39. The number of aryl methyl sites for hydroxylation is 2. The standard InChI is InChI=1S/C15H16N4OS/c1-19-17-9-11(18-19)5-4-8-16-15(20)13-10-21-14-7-3-2-6-12(13)14/h2-3,6-7,9-10H,4-5,8H2,1H3,(H,16,20). The van der Waals surface area contributed by atoms with Crippen LogP contribution >= 0.6 is 11.3 Å². The molecule has 1 aromatic carbocycles. The first kappa shape index (κ1) is 13.8. The lowest BCUT2D eigenvalue weighted by atomic mass is 10.1. The Bertz CT molecular complexity index is 762. The lowest BCUT2D eigenvalue weighted by Gasteiger charge is -2.03. The Kier molecular flexibility index (Phi) is 3.96. The molecule has 0 aliphatic carbocycles. The Morgan fingerprint density at radius 1 is 1.38 bits per heavy atom. The lowest BCUT2D eigenvalue weighted by molar-refractivity contribution is 0.0955. The zero-order chi connectivity index (χ0) is 14.7. The van der Waals surface area contributed by atoms with E-state index in [-0.39, 0.29) is 5.91 Å². The van der Waals surface area contributed by atoms with Gasteiger partial charge in [-0.2, -0.15) is 15.0 Å². The van der Waals surface area contributed by atoms with Gasteiger partial charge in [-0.1, -0.05) is 18.2 Å². The minimum Gasteiger partial charge on any atom is -0.352 e. The molecule has 0 unspecified atom stereocenters. The number of nitrogens with zero attached hydrogens (tertiary/aromatic N) is 3. The van der Waals surface area contributed by atoms with Gasteiger partial charge in [0.2, 0.25) is 0 Å². The molecule has 0 saturated carbocycles. The maximum atomic E-state index is 12.2. The molecule has 1 N–H and O–H groups in total. The average molecular weight is 300 g/mol. The quantitative estimate of drug-likeness (QED) is 0.736. The van der Waals surface area contributed by atoms with Crippen LogP contribution < -0.4 is 5.32 Å². The maximum Gasteiger partial charge on any atom is 0.252 e. The first-order chi connectivity index (χ1) is 10.2. The summed E-state index contributed by atoms with van der Waals surface area (Å²) in [7, 11) is 1.80. The Morgan fingerprint density at radius 3 is 3.05 bits per heavy atom. The highest BCUT2D eigenvalue weighted by molar-refractivity contribution is 7.17. The van der Waals surface area contributed by atoms with Gasteiger partial charge in [-0.3, -0.25) is 4.79 Å². The second-order valence-electron chi connectivity index (χ2n) is 4.83. The van der Waals surface area contributed by atoms with Crippen molar-refractivity contribution in [3.63, 3.8) is 0 Å². The van der Waals surface area contributed by atoms with E-state index in [9.17, 15) is 4.79 Å². The highest BCUT2D eigenvalue weighted by atomic mass is 32.1. The summed E-state index contributed by atoms with van der Waals surface area (Å²) in [6.07, 6.45) is 3.43. The SMILES string of the molecule is Cn1ncc(CCCNC(=O)c2csc3ccccc23)n1. The van der Waals surface area contributed by atoms with Gasteiger partial charge in [0.05, 0.1) is 17.5 Å². The highest BCUT2D eigenvalue weighted by Crippen LogP contribution is 2.25. The molecule has 0 fully saturated rings. The first-order valence-corrected chi connectivity index (χ1v) is 7.71. The van der Waals surface area contributed by atoms with E-state index in [4.69, 9.17) is 0 Å². The molecule has 6 heteroatoms. The Balaban J connectivity index is 1.54.